The van der Waals surface area contributed by atoms with E-state index in [2.05, 4.69) is 11.9 Å². The molecule has 124 valence electrons. The van der Waals surface area contributed by atoms with E-state index in [0.717, 1.165) is 18.7 Å². The summed E-state index contributed by atoms with van der Waals surface area (Å²) in [5.41, 5.74) is -0.767. The average molecular weight is 309 g/mol. The number of imidazole rings is 1. The first kappa shape index (κ1) is 16.8. The summed E-state index contributed by atoms with van der Waals surface area (Å²) in [7, 11) is 1.98. The number of aromatic nitrogens is 2. The predicted molar refractivity (Wildman–Crippen MR) is 83.7 cm³/mol. The number of hydrogen-bond acceptors (Lipinski definition) is 4. The molecule has 1 saturated heterocycles. The smallest absolute Gasteiger partial charge is 0.410 e. The zero-order chi connectivity index (χ0) is 16.4. The Morgan fingerprint density at radius 3 is 2.77 bits per heavy atom. The third kappa shape index (κ3) is 4.47. The van der Waals surface area contributed by atoms with Gasteiger partial charge < -0.3 is 18.9 Å². The van der Waals surface area contributed by atoms with Crippen LogP contribution < -0.4 is 0 Å². The first-order chi connectivity index (χ1) is 10.2. The van der Waals surface area contributed by atoms with E-state index >= 15 is 0 Å². The molecule has 1 aromatic heterocycles. The van der Waals surface area contributed by atoms with Crippen molar-refractivity contribution in [1.29, 1.82) is 0 Å². The van der Waals surface area contributed by atoms with Gasteiger partial charge in [0.25, 0.3) is 0 Å². The molecule has 1 aliphatic rings. The number of carbonyl (C=O) groups is 1. The van der Waals surface area contributed by atoms with Crippen LogP contribution in [0.4, 0.5) is 4.79 Å². The Bertz CT molecular complexity index is 521. The molecule has 1 aromatic rings. The van der Waals surface area contributed by atoms with E-state index in [0.29, 0.717) is 19.7 Å². The molecule has 1 atom stereocenters. The van der Waals surface area contributed by atoms with Gasteiger partial charge in [0.15, 0.2) is 0 Å². The number of hydrogen-bond donors (Lipinski definition) is 0. The number of rotatable bonds is 4. The number of nitrogens with zero attached hydrogens (tertiary/aromatic N) is 3. The third-order valence-corrected chi connectivity index (χ3v) is 3.78. The predicted octanol–water partition coefficient (Wildman–Crippen LogP) is 2.38. The van der Waals surface area contributed by atoms with Gasteiger partial charge in [-0.2, -0.15) is 0 Å². The van der Waals surface area contributed by atoms with Gasteiger partial charge in [-0.3, -0.25) is 0 Å². The molecule has 2 heterocycles. The lowest BCUT2D eigenvalue weighted by molar-refractivity contribution is -0.0264. The van der Waals surface area contributed by atoms with Crippen LogP contribution in [-0.4, -0.2) is 51.4 Å². The highest BCUT2D eigenvalue weighted by molar-refractivity contribution is 5.68. The van der Waals surface area contributed by atoms with Crippen LogP contribution in [0.1, 0.15) is 39.9 Å². The summed E-state index contributed by atoms with van der Waals surface area (Å²) in [6, 6.07) is 0. The number of likely N-dealkylation sites (tertiary alicyclic amines) is 1. The Hall–Kier alpha value is -1.56. The molecule has 1 amide bonds. The van der Waals surface area contributed by atoms with Crippen LogP contribution in [0.2, 0.25) is 0 Å². The SMILES string of the molecule is Cn1ccnc1CCOC1(C)CCN(C(=O)OC(C)(C)C)C1. The molecule has 6 nitrogen and oxygen atoms in total. The third-order valence-electron chi connectivity index (χ3n) is 3.78. The van der Waals surface area contributed by atoms with Crippen LogP contribution in [0.5, 0.6) is 0 Å². The van der Waals surface area contributed by atoms with E-state index in [4.69, 9.17) is 9.47 Å². The summed E-state index contributed by atoms with van der Waals surface area (Å²) >= 11 is 0. The molecular weight excluding hydrogens is 282 g/mol. The molecule has 0 radical (unpaired) electrons. The second-order valence-corrected chi connectivity index (χ2v) is 7.15. The van der Waals surface area contributed by atoms with E-state index < -0.39 is 5.60 Å². The van der Waals surface area contributed by atoms with Crippen molar-refractivity contribution in [1.82, 2.24) is 14.5 Å². The Balaban J connectivity index is 1.80. The van der Waals surface area contributed by atoms with E-state index in [1.165, 1.54) is 0 Å². The van der Waals surface area contributed by atoms with Crippen molar-refractivity contribution < 1.29 is 14.3 Å². The van der Waals surface area contributed by atoms with Crippen molar-refractivity contribution >= 4 is 6.09 Å². The first-order valence-corrected chi connectivity index (χ1v) is 7.77. The summed E-state index contributed by atoms with van der Waals surface area (Å²) in [6.07, 6.45) is 5.05. The largest absolute Gasteiger partial charge is 0.444 e. The van der Waals surface area contributed by atoms with Crippen LogP contribution in [0.3, 0.4) is 0 Å². The fraction of sp³-hybridized carbons (Fsp3) is 0.750. The molecule has 0 N–H and O–H groups in total. The van der Waals surface area contributed by atoms with Crippen LogP contribution in [0, 0.1) is 0 Å². The van der Waals surface area contributed by atoms with E-state index in [9.17, 15) is 4.79 Å². The standard InChI is InChI=1S/C16H27N3O3/c1-15(2,3)22-14(20)19-9-7-16(4,12-19)21-11-6-13-17-8-10-18(13)5/h8,10H,6-7,9,11-12H2,1-5H3. The molecule has 0 aromatic carbocycles. The van der Waals surface area contributed by atoms with Gasteiger partial charge in [0.1, 0.15) is 11.4 Å². The topological polar surface area (TPSA) is 56.6 Å². The molecule has 22 heavy (non-hydrogen) atoms. The number of carbonyl (C=O) groups excluding carboxylic acids is 1. The maximum atomic E-state index is 12.1. The molecule has 1 aliphatic heterocycles. The van der Waals surface area contributed by atoms with Crippen molar-refractivity contribution in [3.8, 4) is 0 Å². The van der Waals surface area contributed by atoms with Crippen LogP contribution >= 0.6 is 0 Å². The van der Waals surface area contributed by atoms with E-state index in [1.807, 2.05) is 38.6 Å². The zero-order valence-electron chi connectivity index (χ0n) is 14.3. The molecule has 0 aliphatic carbocycles. The Kier molecular flexibility index (Phi) is 4.80. The van der Waals surface area contributed by atoms with Crippen molar-refractivity contribution in [3.63, 3.8) is 0 Å². The lowest BCUT2D eigenvalue weighted by atomic mass is 10.1. The molecule has 0 spiro atoms. The quantitative estimate of drug-likeness (QED) is 0.857. The first-order valence-electron chi connectivity index (χ1n) is 7.77. The second-order valence-electron chi connectivity index (χ2n) is 7.15. The van der Waals surface area contributed by atoms with Crippen molar-refractivity contribution in [2.75, 3.05) is 19.7 Å². The fourth-order valence-corrected chi connectivity index (χ4v) is 2.56. The van der Waals surface area contributed by atoms with E-state index in [-0.39, 0.29) is 11.7 Å². The van der Waals surface area contributed by atoms with E-state index in [1.54, 1.807) is 11.1 Å². The summed E-state index contributed by atoms with van der Waals surface area (Å²) in [4.78, 5) is 18.1. The number of aryl methyl sites for hydroxylation is 1. The molecular formula is C16H27N3O3. The average Bonchev–Trinajstić information content (AvgIpc) is 2.95. The Morgan fingerprint density at radius 2 is 2.18 bits per heavy atom. The molecule has 0 bridgehead atoms. The van der Waals surface area contributed by atoms with Gasteiger partial charge in [0.2, 0.25) is 0 Å². The van der Waals surface area contributed by atoms with Gasteiger partial charge in [-0.25, -0.2) is 9.78 Å². The highest BCUT2D eigenvalue weighted by Gasteiger charge is 2.38. The normalized spacial score (nSPS) is 22.1. The highest BCUT2D eigenvalue weighted by Crippen LogP contribution is 2.26. The Labute approximate surface area is 132 Å². The maximum Gasteiger partial charge on any atom is 0.410 e. The zero-order valence-corrected chi connectivity index (χ0v) is 14.3. The van der Waals surface area contributed by atoms with Crippen molar-refractivity contribution in [2.24, 2.45) is 7.05 Å². The van der Waals surface area contributed by atoms with Gasteiger partial charge in [-0.1, -0.05) is 0 Å². The molecule has 6 heteroatoms. The van der Waals surface area contributed by atoms with Crippen LogP contribution in [-0.2, 0) is 22.9 Å². The van der Waals surface area contributed by atoms with Crippen LogP contribution in [0.15, 0.2) is 12.4 Å². The van der Waals surface area contributed by atoms with Gasteiger partial charge >= 0.3 is 6.09 Å². The highest BCUT2D eigenvalue weighted by atomic mass is 16.6. The number of ether oxygens (including phenoxy) is 2. The second kappa shape index (κ2) is 6.28. The Morgan fingerprint density at radius 1 is 1.45 bits per heavy atom. The minimum Gasteiger partial charge on any atom is -0.444 e. The van der Waals surface area contributed by atoms with Gasteiger partial charge in [0.05, 0.1) is 18.8 Å². The summed E-state index contributed by atoms with van der Waals surface area (Å²) in [5.74, 6) is 1.01. The summed E-state index contributed by atoms with van der Waals surface area (Å²) < 4.78 is 13.4. The molecule has 2 rings (SSSR count). The van der Waals surface area contributed by atoms with Crippen LogP contribution in [0.25, 0.3) is 0 Å². The maximum absolute atomic E-state index is 12.1. The van der Waals surface area contributed by atoms with Gasteiger partial charge in [-0.15, -0.1) is 0 Å². The van der Waals surface area contributed by atoms with Crippen molar-refractivity contribution in [2.45, 2.75) is 51.7 Å². The monoisotopic (exact) mass is 309 g/mol. The minimum absolute atomic E-state index is 0.260. The molecule has 1 fully saturated rings. The van der Waals surface area contributed by atoms with Gasteiger partial charge in [-0.05, 0) is 34.1 Å². The number of amides is 1. The molecule has 1 unspecified atom stereocenters. The summed E-state index contributed by atoms with van der Waals surface area (Å²) in [6.45, 7) is 9.53. The molecule has 0 saturated carbocycles. The van der Waals surface area contributed by atoms with Gasteiger partial charge in [0, 0.05) is 32.4 Å². The lowest BCUT2D eigenvalue weighted by Gasteiger charge is -2.27. The lowest BCUT2D eigenvalue weighted by Crippen LogP contribution is -2.39. The van der Waals surface area contributed by atoms with Crippen molar-refractivity contribution in [3.05, 3.63) is 18.2 Å². The fourth-order valence-electron chi connectivity index (χ4n) is 2.56. The minimum atomic E-state index is -0.463. The summed E-state index contributed by atoms with van der Waals surface area (Å²) in [5, 5.41) is 0.